The molecule has 2 unspecified atom stereocenters. The minimum atomic E-state index is -2.49. The van der Waals surface area contributed by atoms with E-state index in [0.29, 0.717) is 30.6 Å². The summed E-state index contributed by atoms with van der Waals surface area (Å²) in [5.74, 6) is -6.95. The molecule has 1 aromatic carbocycles. The smallest absolute Gasteiger partial charge is 0.230 e. The van der Waals surface area contributed by atoms with E-state index in [0.717, 1.165) is 0 Å². The van der Waals surface area contributed by atoms with Gasteiger partial charge in [-0.25, -0.2) is 0 Å². The van der Waals surface area contributed by atoms with Crippen LogP contribution in [0.4, 0.5) is 0 Å². The van der Waals surface area contributed by atoms with E-state index >= 15 is 0 Å². The number of benzene rings is 1. The highest BCUT2D eigenvalue weighted by molar-refractivity contribution is 6.15. The summed E-state index contributed by atoms with van der Waals surface area (Å²) in [6, 6.07) is 3.52. The van der Waals surface area contributed by atoms with Gasteiger partial charge in [-0.15, -0.1) is 6.58 Å². The van der Waals surface area contributed by atoms with E-state index < -0.39 is 52.7 Å². The fourth-order valence-corrected chi connectivity index (χ4v) is 5.65. The number of Topliss-reactive ketones (excluding diaryl/α,β-unsaturated/α-hetero) is 2. The van der Waals surface area contributed by atoms with Crippen LogP contribution < -0.4 is 5.73 Å². The highest BCUT2D eigenvalue weighted by Gasteiger charge is 2.62. The predicted octanol–water partition coefficient (Wildman–Crippen LogP) is 0.363. The number of carbonyl (C=O) groups is 3. The molecule has 33 heavy (non-hydrogen) atoms. The molecule has 5 atom stereocenters. The van der Waals surface area contributed by atoms with E-state index in [1.807, 2.05) is 11.9 Å². The Morgan fingerprint density at radius 2 is 2.00 bits per heavy atom. The minimum absolute atomic E-state index is 0.0362. The van der Waals surface area contributed by atoms with Gasteiger partial charge in [0.15, 0.2) is 17.2 Å². The minimum Gasteiger partial charge on any atom is -0.508 e. The van der Waals surface area contributed by atoms with Crippen molar-refractivity contribution >= 4 is 17.5 Å². The Morgan fingerprint density at radius 1 is 1.30 bits per heavy atom. The Kier molecular flexibility index (Phi) is 5.68. The number of phenolic OH excluding ortho intramolecular Hbond substituents is 1. The van der Waals surface area contributed by atoms with Crippen LogP contribution in [0, 0.1) is 17.8 Å². The third-order valence-electron chi connectivity index (χ3n) is 7.23. The first-order chi connectivity index (χ1) is 15.5. The van der Waals surface area contributed by atoms with Crippen LogP contribution in [-0.2, 0) is 22.6 Å². The van der Waals surface area contributed by atoms with Gasteiger partial charge in [-0.3, -0.25) is 19.3 Å². The number of nitrogens with two attached hydrogens (primary N) is 1. The maximum atomic E-state index is 13.5. The Labute approximate surface area is 190 Å². The molecule has 1 amide bonds. The Hall–Kier alpha value is -3.01. The lowest BCUT2D eigenvalue weighted by Crippen LogP contribution is -2.63. The van der Waals surface area contributed by atoms with Crippen molar-refractivity contribution in [2.45, 2.75) is 37.5 Å². The number of likely N-dealkylation sites (N-methyl/N-ethyl adjacent to an activating group) is 1. The standard InChI is InChI=1S/C24H28N2O7/c1-3-6-26(2)10-12-5-4-11-7-13-8-14-9-15(27)18(23(25)32)22(31)24(14,33)21(30)17(13)20(29)16(11)19(12)28/h3-5,13-15,18,27-28,30,33H,1,6-10H2,2H3,(H2,25,32)/t13-,14-,15?,18?,24-/m0/s1. The largest absolute Gasteiger partial charge is 0.508 e. The molecular formula is C24H28N2O7. The molecule has 0 bridgehead atoms. The van der Waals surface area contributed by atoms with Gasteiger partial charge in [0.1, 0.15) is 17.4 Å². The number of rotatable bonds is 5. The van der Waals surface area contributed by atoms with Crippen LogP contribution in [0.25, 0.3) is 0 Å². The van der Waals surface area contributed by atoms with E-state index in [-0.39, 0.29) is 29.7 Å². The second-order valence-corrected chi connectivity index (χ2v) is 9.33. The first-order valence-electron chi connectivity index (χ1n) is 10.9. The summed E-state index contributed by atoms with van der Waals surface area (Å²) in [6.45, 7) is 4.61. The number of hydrogen-bond donors (Lipinski definition) is 5. The molecular weight excluding hydrogens is 428 g/mol. The summed E-state index contributed by atoms with van der Waals surface area (Å²) in [5, 5.41) is 43.5. The number of fused-ring (bicyclic) bond motifs is 3. The lowest BCUT2D eigenvalue weighted by Gasteiger charge is -2.48. The lowest BCUT2D eigenvalue weighted by molar-refractivity contribution is -0.167. The summed E-state index contributed by atoms with van der Waals surface area (Å²) in [7, 11) is 1.84. The van der Waals surface area contributed by atoms with Gasteiger partial charge in [0.25, 0.3) is 0 Å². The molecule has 9 heteroatoms. The van der Waals surface area contributed by atoms with Gasteiger partial charge in [0.2, 0.25) is 5.91 Å². The average molecular weight is 456 g/mol. The van der Waals surface area contributed by atoms with E-state index in [1.54, 1.807) is 18.2 Å². The zero-order valence-electron chi connectivity index (χ0n) is 18.3. The van der Waals surface area contributed by atoms with Gasteiger partial charge in [0.05, 0.1) is 11.7 Å². The predicted molar refractivity (Wildman–Crippen MR) is 117 cm³/mol. The molecule has 3 aliphatic carbocycles. The SMILES string of the molecule is C=CCN(C)Cc1ccc2c(c1O)C(=O)C1=C(O)[C@]3(O)C(=O)C(C(N)=O)C(O)C[C@@H]3C[C@@H]1C2. The lowest BCUT2D eigenvalue weighted by atomic mass is 9.58. The Morgan fingerprint density at radius 3 is 2.64 bits per heavy atom. The number of amides is 1. The maximum absolute atomic E-state index is 13.5. The van der Waals surface area contributed by atoms with Gasteiger partial charge in [-0.2, -0.15) is 0 Å². The van der Waals surface area contributed by atoms with Crippen LogP contribution in [0.1, 0.15) is 34.3 Å². The Balaban J connectivity index is 1.79. The van der Waals surface area contributed by atoms with Crippen LogP contribution >= 0.6 is 0 Å². The highest BCUT2D eigenvalue weighted by atomic mass is 16.3. The zero-order valence-corrected chi connectivity index (χ0v) is 18.3. The van der Waals surface area contributed by atoms with E-state index in [4.69, 9.17) is 5.73 Å². The molecule has 176 valence electrons. The zero-order chi connectivity index (χ0) is 24.2. The van der Waals surface area contributed by atoms with Gasteiger partial charge in [-0.05, 0) is 37.8 Å². The molecule has 0 radical (unpaired) electrons. The number of primary amides is 1. The summed E-state index contributed by atoms with van der Waals surface area (Å²) >= 11 is 0. The van der Waals surface area contributed by atoms with Crippen molar-refractivity contribution in [1.82, 2.24) is 4.90 Å². The molecule has 0 aromatic heterocycles. The molecule has 1 aromatic rings. The summed E-state index contributed by atoms with van der Waals surface area (Å²) < 4.78 is 0. The maximum Gasteiger partial charge on any atom is 0.230 e. The van der Waals surface area contributed by atoms with Crippen molar-refractivity contribution in [2.75, 3.05) is 13.6 Å². The van der Waals surface area contributed by atoms with Crippen LogP contribution in [0.15, 0.2) is 36.1 Å². The fourth-order valence-electron chi connectivity index (χ4n) is 5.65. The number of carbonyl (C=O) groups excluding carboxylic acids is 3. The molecule has 6 N–H and O–H groups in total. The van der Waals surface area contributed by atoms with Crippen LogP contribution in [-0.4, -0.2) is 68.1 Å². The van der Waals surface area contributed by atoms with Crippen molar-refractivity contribution in [3.63, 3.8) is 0 Å². The Bertz CT molecular complexity index is 1090. The van der Waals surface area contributed by atoms with Crippen LogP contribution in [0.5, 0.6) is 5.75 Å². The fraction of sp³-hybridized carbons (Fsp3) is 0.458. The number of aliphatic hydroxyl groups excluding tert-OH is 2. The van der Waals surface area contributed by atoms with Gasteiger partial charge >= 0.3 is 0 Å². The molecule has 4 rings (SSSR count). The molecule has 0 saturated heterocycles. The third kappa shape index (κ3) is 3.38. The molecule has 0 spiro atoms. The van der Waals surface area contributed by atoms with Crippen molar-refractivity contribution in [2.24, 2.45) is 23.5 Å². The number of hydrogen-bond acceptors (Lipinski definition) is 8. The molecule has 1 fully saturated rings. The van der Waals surface area contributed by atoms with Crippen molar-refractivity contribution in [3.05, 3.63) is 52.8 Å². The monoisotopic (exact) mass is 456 g/mol. The third-order valence-corrected chi connectivity index (χ3v) is 7.23. The number of aliphatic hydroxyl groups is 3. The van der Waals surface area contributed by atoms with Crippen molar-refractivity contribution in [3.8, 4) is 5.75 Å². The first-order valence-corrected chi connectivity index (χ1v) is 10.9. The number of allylic oxidation sites excluding steroid dienone is 1. The summed E-state index contributed by atoms with van der Waals surface area (Å²) in [4.78, 5) is 40.1. The quantitative estimate of drug-likeness (QED) is 0.313. The molecule has 0 aliphatic heterocycles. The van der Waals surface area contributed by atoms with Crippen LogP contribution in [0.3, 0.4) is 0 Å². The first kappa shape index (κ1) is 23.2. The van der Waals surface area contributed by atoms with Gasteiger partial charge in [0, 0.05) is 30.1 Å². The van der Waals surface area contributed by atoms with Crippen LogP contribution in [0.2, 0.25) is 0 Å². The van der Waals surface area contributed by atoms with Gasteiger partial charge in [-0.1, -0.05) is 18.2 Å². The van der Waals surface area contributed by atoms with E-state index in [2.05, 4.69) is 6.58 Å². The van der Waals surface area contributed by atoms with E-state index in [1.165, 1.54) is 0 Å². The molecule has 3 aliphatic rings. The second kappa shape index (κ2) is 8.09. The number of ketones is 2. The molecule has 9 nitrogen and oxygen atoms in total. The summed E-state index contributed by atoms with van der Waals surface area (Å²) in [6.07, 6.45) is 0.683. The number of phenols is 1. The van der Waals surface area contributed by atoms with Gasteiger partial charge < -0.3 is 26.2 Å². The highest BCUT2D eigenvalue weighted by Crippen LogP contribution is 2.51. The molecule has 1 saturated carbocycles. The van der Waals surface area contributed by atoms with Crippen molar-refractivity contribution < 1.29 is 34.8 Å². The topological polar surface area (TPSA) is 161 Å². The number of aromatic hydroxyl groups is 1. The normalized spacial score (nSPS) is 31.2. The molecule has 0 heterocycles. The average Bonchev–Trinajstić information content (AvgIpc) is 2.72. The number of nitrogens with zero attached hydrogens (tertiary/aromatic N) is 1. The summed E-state index contributed by atoms with van der Waals surface area (Å²) in [5.41, 5.74) is 3.79. The second-order valence-electron chi connectivity index (χ2n) is 9.33. The van der Waals surface area contributed by atoms with Crippen molar-refractivity contribution in [1.29, 1.82) is 0 Å². The van der Waals surface area contributed by atoms with E-state index in [9.17, 15) is 34.8 Å².